The van der Waals surface area contributed by atoms with Crippen LogP contribution in [0.15, 0.2) is 29.2 Å². The Morgan fingerprint density at radius 1 is 1.37 bits per heavy atom. The molecule has 1 heterocycles. The predicted octanol–water partition coefficient (Wildman–Crippen LogP) is 0.672. The van der Waals surface area contributed by atoms with Gasteiger partial charge in [-0.05, 0) is 25.0 Å². The molecule has 0 radical (unpaired) electrons. The number of ether oxygens (including phenoxy) is 1. The molecule has 1 aliphatic heterocycles. The Kier molecular flexibility index (Phi) is 4.93. The van der Waals surface area contributed by atoms with Crippen LogP contribution in [0.3, 0.4) is 0 Å². The van der Waals surface area contributed by atoms with E-state index in [1.54, 1.807) is 24.3 Å². The summed E-state index contributed by atoms with van der Waals surface area (Å²) in [5.74, 6) is -0.251. The molecule has 1 aliphatic rings. The fourth-order valence-electron chi connectivity index (χ4n) is 2.00. The van der Waals surface area contributed by atoms with Crippen LogP contribution in [-0.2, 0) is 20.3 Å². The molecule has 3 N–H and O–H groups in total. The van der Waals surface area contributed by atoms with E-state index in [-0.39, 0.29) is 17.7 Å². The first-order valence-corrected chi connectivity index (χ1v) is 7.58. The van der Waals surface area contributed by atoms with Crippen LogP contribution in [-0.4, -0.2) is 35.1 Å². The van der Waals surface area contributed by atoms with Crippen molar-refractivity contribution in [3.05, 3.63) is 24.3 Å². The molecule has 0 spiro atoms. The van der Waals surface area contributed by atoms with Crippen LogP contribution in [0.4, 0.5) is 5.69 Å². The lowest BCUT2D eigenvalue weighted by Crippen LogP contribution is -2.40. The first-order valence-electron chi connectivity index (χ1n) is 6.27. The summed E-state index contributed by atoms with van der Waals surface area (Å²) in [7, 11) is -1.40. The number of nitrogen functional groups attached to an aromatic ring is 1. The normalized spacial score (nSPS) is 17.9. The van der Waals surface area contributed by atoms with Crippen molar-refractivity contribution < 1.29 is 13.7 Å². The van der Waals surface area contributed by atoms with E-state index in [1.165, 1.54) is 0 Å². The van der Waals surface area contributed by atoms with Gasteiger partial charge in [-0.2, -0.15) is 0 Å². The molecule has 1 atom stereocenters. The molecule has 5 nitrogen and oxygen atoms in total. The smallest absolute Gasteiger partial charge is 0.233 e. The number of amides is 1. The minimum atomic E-state index is -1.40. The summed E-state index contributed by atoms with van der Waals surface area (Å²) in [5, 5.41) is 2.89. The lowest BCUT2D eigenvalue weighted by molar-refractivity contribution is -0.119. The zero-order valence-corrected chi connectivity index (χ0v) is 11.4. The zero-order valence-electron chi connectivity index (χ0n) is 10.6. The van der Waals surface area contributed by atoms with Gasteiger partial charge in [0.15, 0.2) is 0 Å². The van der Waals surface area contributed by atoms with Gasteiger partial charge >= 0.3 is 0 Å². The number of carbonyl (C=O) groups excluding carboxylic acids is 1. The highest BCUT2D eigenvalue weighted by molar-refractivity contribution is 7.86. The maximum Gasteiger partial charge on any atom is 0.233 e. The Balaban J connectivity index is 1.88. The summed E-state index contributed by atoms with van der Waals surface area (Å²) >= 11 is 0. The average Bonchev–Trinajstić information content (AvgIpc) is 2.40. The molecule has 6 heteroatoms. The monoisotopic (exact) mass is 282 g/mol. The highest BCUT2D eigenvalue weighted by Crippen LogP contribution is 2.15. The van der Waals surface area contributed by atoms with Crippen molar-refractivity contribution in [2.75, 3.05) is 24.7 Å². The van der Waals surface area contributed by atoms with Gasteiger partial charge in [-0.1, -0.05) is 12.1 Å². The van der Waals surface area contributed by atoms with Crippen LogP contribution in [0.25, 0.3) is 0 Å². The van der Waals surface area contributed by atoms with Crippen molar-refractivity contribution in [2.45, 2.75) is 23.8 Å². The van der Waals surface area contributed by atoms with Gasteiger partial charge in [0, 0.05) is 24.9 Å². The van der Waals surface area contributed by atoms with Crippen molar-refractivity contribution >= 4 is 22.4 Å². The number of hydrogen-bond donors (Lipinski definition) is 2. The number of benzene rings is 1. The van der Waals surface area contributed by atoms with E-state index in [9.17, 15) is 9.00 Å². The Morgan fingerprint density at radius 2 is 2.05 bits per heavy atom. The van der Waals surface area contributed by atoms with E-state index in [2.05, 4.69) is 5.32 Å². The van der Waals surface area contributed by atoms with E-state index in [1.807, 2.05) is 0 Å². The molecular weight excluding hydrogens is 264 g/mol. The predicted molar refractivity (Wildman–Crippen MR) is 74.1 cm³/mol. The lowest BCUT2D eigenvalue weighted by Gasteiger charge is -2.23. The third kappa shape index (κ3) is 4.04. The van der Waals surface area contributed by atoms with E-state index in [4.69, 9.17) is 10.5 Å². The molecule has 1 unspecified atom stereocenters. The molecule has 1 amide bonds. The molecule has 0 saturated carbocycles. The summed E-state index contributed by atoms with van der Waals surface area (Å²) in [6.07, 6.45) is 1.62. The molecule has 0 aliphatic carbocycles. The second kappa shape index (κ2) is 6.68. The number of carbonyl (C=O) groups is 1. The molecule has 1 aromatic carbocycles. The standard InChI is InChI=1S/C13H18N2O3S/c14-11-3-1-2-4-12(11)19(17)9-13(16)15-10-5-7-18-8-6-10/h1-4,10H,5-9,14H2,(H,15,16). The fraction of sp³-hybridized carbons (Fsp3) is 0.462. The van der Waals surface area contributed by atoms with Gasteiger partial charge < -0.3 is 15.8 Å². The maximum absolute atomic E-state index is 12.1. The zero-order chi connectivity index (χ0) is 13.7. The van der Waals surface area contributed by atoms with Crippen LogP contribution in [0.2, 0.25) is 0 Å². The van der Waals surface area contributed by atoms with E-state index in [0.29, 0.717) is 23.8 Å². The molecule has 0 aromatic heterocycles. The van der Waals surface area contributed by atoms with Crippen LogP contribution in [0.5, 0.6) is 0 Å². The van der Waals surface area contributed by atoms with Crippen molar-refractivity contribution in [2.24, 2.45) is 0 Å². The van der Waals surface area contributed by atoms with E-state index >= 15 is 0 Å². The molecule has 1 fully saturated rings. The minimum absolute atomic E-state index is 0.0500. The van der Waals surface area contributed by atoms with Gasteiger partial charge in [0.1, 0.15) is 5.75 Å². The van der Waals surface area contributed by atoms with E-state index in [0.717, 1.165) is 12.8 Å². The minimum Gasteiger partial charge on any atom is -0.398 e. The molecule has 104 valence electrons. The van der Waals surface area contributed by atoms with Crippen molar-refractivity contribution in [3.63, 3.8) is 0 Å². The Morgan fingerprint density at radius 3 is 2.74 bits per heavy atom. The van der Waals surface area contributed by atoms with Crippen LogP contribution in [0, 0.1) is 0 Å². The maximum atomic E-state index is 12.1. The molecule has 0 bridgehead atoms. The van der Waals surface area contributed by atoms with E-state index < -0.39 is 10.8 Å². The number of para-hydroxylation sites is 1. The molecule has 1 aromatic rings. The fourth-order valence-corrected chi connectivity index (χ4v) is 3.03. The Hall–Kier alpha value is -1.40. The van der Waals surface area contributed by atoms with Crippen LogP contribution in [0.1, 0.15) is 12.8 Å². The van der Waals surface area contributed by atoms with Crippen molar-refractivity contribution in [1.82, 2.24) is 5.32 Å². The van der Waals surface area contributed by atoms with Gasteiger partial charge in [-0.3, -0.25) is 9.00 Å². The number of nitrogens with two attached hydrogens (primary N) is 1. The van der Waals surface area contributed by atoms with Gasteiger partial charge in [0.2, 0.25) is 5.91 Å². The molecular formula is C13H18N2O3S. The quantitative estimate of drug-likeness (QED) is 0.795. The third-order valence-electron chi connectivity index (χ3n) is 3.01. The van der Waals surface area contributed by atoms with Crippen molar-refractivity contribution in [3.8, 4) is 0 Å². The van der Waals surface area contributed by atoms with Gasteiger partial charge in [-0.25, -0.2) is 0 Å². The first-order chi connectivity index (χ1) is 9.16. The number of hydrogen-bond acceptors (Lipinski definition) is 4. The topological polar surface area (TPSA) is 81.4 Å². The van der Waals surface area contributed by atoms with Crippen LogP contribution < -0.4 is 11.1 Å². The lowest BCUT2D eigenvalue weighted by atomic mass is 10.1. The van der Waals surface area contributed by atoms with Gasteiger partial charge in [-0.15, -0.1) is 0 Å². The summed E-state index contributed by atoms with van der Waals surface area (Å²) in [5.41, 5.74) is 6.20. The SMILES string of the molecule is Nc1ccccc1S(=O)CC(=O)NC1CCOCC1. The van der Waals surface area contributed by atoms with Gasteiger partial charge in [0.25, 0.3) is 0 Å². The van der Waals surface area contributed by atoms with Crippen molar-refractivity contribution in [1.29, 1.82) is 0 Å². The Bertz CT molecular complexity index is 473. The second-order valence-electron chi connectivity index (χ2n) is 4.48. The summed E-state index contributed by atoms with van der Waals surface area (Å²) in [4.78, 5) is 12.3. The third-order valence-corrected chi connectivity index (χ3v) is 4.40. The first kappa shape index (κ1) is 14.0. The molecule has 2 rings (SSSR count). The largest absolute Gasteiger partial charge is 0.398 e. The summed E-state index contributed by atoms with van der Waals surface area (Å²) in [6.45, 7) is 1.33. The van der Waals surface area contributed by atoms with Crippen LogP contribution >= 0.6 is 0 Å². The molecule has 1 saturated heterocycles. The highest BCUT2D eigenvalue weighted by atomic mass is 32.2. The molecule has 19 heavy (non-hydrogen) atoms. The highest BCUT2D eigenvalue weighted by Gasteiger charge is 2.18. The second-order valence-corrected chi connectivity index (χ2v) is 5.90. The Labute approximate surface area is 115 Å². The summed E-state index contributed by atoms with van der Waals surface area (Å²) in [6, 6.07) is 7.04. The average molecular weight is 282 g/mol. The number of anilines is 1. The number of rotatable bonds is 4. The van der Waals surface area contributed by atoms with Gasteiger partial charge in [0.05, 0.1) is 15.7 Å². The number of nitrogens with one attached hydrogen (secondary N) is 1. The summed E-state index contributed by atoms with van der Waals surface area (Å²) < 4.78 is 17.3.